The van der Waals surface area contributed by atoms with E-state index < -0.39 is 0 Å². The average molecular weight is 176 g/mol. The monoisotopic (exact) mass is 176 g/mol. The molecule has 2 atom stereocenters. The van der Waals surface area contributed by atoms with Crippen LogP contribution in [0.15, 0.2) is 24.3 Å². The van der Waals surface area contributed by atoms with Gasteiger partial charge in [-0.3, -0.25) is 9.59 Å². The molecule has 0 N–H and O–H groups in total. The zero-order valence-electron chi connectivity index (χ0n) is 7.62. The van der Waals surface area contributed by atoms with Crippen molar-refractivity contribution in [2.24, 2.45) is 11.3 Å². The van der Waals surface area contributed by atoms with E-state index in [1.807, 2.05) is 19.1 Å². The highest BCUT2D eigenvalue weighted by Crippen LogP contribution is 2.41. The fourth-order valence-electron chi connectivity index (χ4n) is 2.08. The van der Waals surface area contributed by atoms with Gasteiger partial charge in [0.15, 0.2) is 11.6 Å². The van der Waals surface area contributed by atoms with Gasteiger partial charge < -0.3 is 0 Å². The van der Waals surface area contributed by atoms with Crippen LogP contribution in [0.3, 0.4) is 0 Å². The van der Waals surface area contributed by atoms with Crippen molar-refractivity contribution in [1.29, 1.82) is 0 Å². The number of hydrogen-bond donors (Lipinski definition) is 0. The molecular formula is C11H12O2. The predicted octanol–water partition coefficient (Wildman–Crippen LogP) is 1.67. The Morgan fingerprint density at radius 3 is 2.92 bits per heavy atom. The lowest BCUT2D eigenvalue weighted by molar-refractivity contribution is -0.127. The lowest BCUT2D eigenvalue weighted by Crippen LogP contribution is -2.37. The van der Waals surface area contributed by atoms with E-state index in [4.69, 9.17) is 0 Å². The highest BCUT2D eigenvalue weighted by Gasteiger charge is 2.40. The molecule has 0 fully saturated rings. The van der Waals surface area contributed by atoms with Crippen molar-refractivity contribution in [3.8, 4) is 0 Å². The summed E-state index contributed by atoms with van der Waals surface area (Å²) in [7, 11) is 0. The zero-order valence-corrected chi connectivity index (χ0v) is 7.62. The fraction of sp³-hybridized carbons (Fsp3) is 0.455. The molecule has 2 aliphatic rings. The van der Waals surface area contributed by atoms with Gasteiger partial charge in [-0.2, -0.15) is 0 Å². The topological polar surface area (TPSA) is 34.1 Å². The minimum Gasteiger partial charge on any atom is -0.295 e. The van der Waals surface area contributed by atoms with E-state index in [1.54, 1.807) is 12.2 Å². The Labute approximate surface area is 77.3 Å². The maximum absolute atomic E-state index is 11.5. The minimum absolute atomic E-state index is 0.0751. The number of allylic oxidation sites excluding steroid dienone is 4. The largest absolute Gasteiger partial charge is 0.295 e. The van der Waals surface area contributed by atoms with Gasteiger partial charge in [-0.15, -0.1) is 0 Å². The lowest BCUT2D eigenvalue weighted by Gasteiger charge is -2.37. The molecule has 0 saturated heterocycles. The standard InChI is InChI=1S/C11H12O2/c1-11-5-2-3-10(13)9(11)7-8(12)4-6-11/h2-4,6,9H,5,7H2,1H3/t9-,11+/m0/s1. The van der Waals surface area contributed by atoms with Crippen molar-refractivity contribution in [3.63, 3.8) is 0 Å². The summed E-state index contributed by atoms with van der Waals surface area (Å²) in [5, 5.41) is 0. The van der Waals surface area contributed by atoms with Gasteiger partial charge in [0.1, 0.15) is 0 Å². The first-order valence-corrected chi connectivity index (χ1v) is 4.54. The number of carbonyl (C=O) groups is 2. The van der Waals surface area contributed by atoms with E-state index in [-0.39, 0.29) is 22.9 Å². The lowest BCUT2D eigenvalue weighted by atomic mass is 9.65. The molecule has 2 nitrogen and oxygen atoms in total. The molecule has 2 aliphatic carbocycles. The third kappa shape index (κ3) is 1.26. The van der Waals surface area contributed by atoms with Crippen LogP contribution in [-0.2, 0) is 9.59 Å². The summed E-state index contributed by atoms with van der Waals surface area (Å²) in [6, 6.07) is 0. The molecule has 0 aliphatic heterocycles. The molecule has 0 amide bonds. The molecule has 0 aromatic rings. The highest BCUT2D eigenvalue weighted by atomic mass is 16.1. The van der Waals surface area contributed by atoms with Crippen LogP contribution in [0.4, 0.5) is 0 Å². The van der Waals surface area contributed by atoms with Gasteiger partial charge in [-0.1, -0.05) is 19.1 Å². The number of hydrogen-bond acceptors (Lipinski definition) is 2. The van der Waals surface area contributed by atoms with Crippen LogP contribution in [0.2, 0.25) is 0 Å². The van der Waals surface area contributed by atoms with Gasteiger partial charge >= 0.3 is 0 Å². The van der Waals surface area contributed by atoms with E-state index in [9.17, 15) is 9.59 Å². The zero-order chi connectivity index (χ0) is 9.47. The van der Waals surface area contributed by atoms with Crippen molar-refractivity contribution in [3.05, 3.63) is 24.3 Å². The summed E-state index contributed by atoms with van der Waals surface area (Å²) >= 11 is 0. The fourth-order valence-corrected chi connectivity index (χ4v) is 2.08. The third-order valence-corrected chi connectivity index (χ3v) is 3.03. The van der Waals surface area contributed by atoms with E-state index in [0.717, 1.165) is 6.42 Å². The second kappa shape index (κ2) is 2.66. The number of rotatable bonds is 0. The first kappa shape index (κ1) is 8.42. The normalized spacial score (nSPS) is 37.8. The molecule has 68 valence electrons. The molecular weight excluding hydrogens is 164 g/mol. The van der Waals surface area contributed by atoms with Crippen LogP contribution in [0.1, 0.15) is 19.8 Å². The second-order valence-corrected chi connectivity index (χ2v) is 4.07. The third-order valence-electron chi connectivity index (χ3n) is 3.03. The van der Waals surface area contributed by atoms with Crippen LogP contribution in [0.5, 0.6) is 0 Å². The summed E-state index contributed by atoms with van der Waals surface area (Å²) < 4.78 is 0. The van der Waals surface area contributed by atoms with E-state index in [2.05, 4.69) is 0 Å². The number of carbonyl (C=O) groups excluding carboxylic acids is 2. The molecule has 0 unspecified atom stereocenters. The van der Waals surface area contributed by atoms with Gasteiger partial charge in [0.05, 0.1) is 0 Å². The van der Waals surface area contributed by atoms with Gasteiger partial charge in [0, 0.05) is 12.3 Å². The molecule has 0 aromatic heterocycles. The molecule has 0 heterocycles. The Kier molecular flexibility index (Phi) is 1.72. The molecule has 0 aromatic carbocycles. The maximum atomic E-state index is 11.5. The van der Waals surface area contributed by atoms with E-state index >= 15 is 0 Å². The first-order chi connectivity index (χ1) is 6.12. The summed E-state index contributed by atoms with van der Waals surface area (Å²) in [5.74, 6) is 0.0626. The average Bonchev–Trinajstić information content (AvgIpc) is 2.08. The maximum Gasteiger partial charge on any atom is 0.159 e. The number of ketones is 2. The molecule has 0 spiro atoms. The van der Waals surface area contributed by atoms with E-state index in [0.29, 0.717) is 6.42 Å². The Morgan fingerprint density at radius 1 is 1.38 bits per heavy atom. The SMILES string of the molecule is C[C@@]12C=CC(=O)C[C@H]1C(=O)C=CC2. The van der Waals surface area contributed by atoms with Crippen LogP contribution < -0.4 is 0 Å². The van der Waals surface area contributed by atoms with Crippen molar-refractivity contribution in [1.82, 2.24) is 0 Å². The molecule has 13 heavy (non-hydrogen) atoms. The van der Waals surface area contributed by atoms with Gasteiger partial charge in [-0.25, -0.2) is 0 Å². The van der Waals surface area contributed by atoms with Crippen molar-refractivity contribution < 1.29 is 9.59 Å². The minimum atomic E-state index is -0.116. The van der Waals surface area contributed by atoms with Crippen molar-refractivity contribution in [2.75, 3.05) is 0 Å². The summed E-state index contributed by atoms with van der Waals surface area (Å²) in [6.07, 6.45) is 8.27. The summed E-state index contributed by atoms with van der Waals surface area (Å²) in [4.78, 5) is 22.6. The Morgan fingerprint density at radius 2 is 2.15 bits per heavy atom. The van der Waals surface area contributed by atoms with Gasteiger partial charge in [-0.05, 0) is 24.0 Å². The molecule has 2 rings (SSSR count). The first-order valence-electron chi connectivity index (χ1n) is 4.54. The highest BCUT2D eigenvalue weighted by molar-refractivity contribution is 6.00. The molecule has 0 saturated carbocycles. The second-order valence-electron chi connectivity index (χ2n) is 4.07. The van der Waals surface area contributed by atoms with Crippen LogP contribution in [0.25, 0.3) is 0 Å². The van der Waals surface area contributed by atoms with Gasteiger partial charge in [0.25, 0.3) is 0 Å². The molecule has 2 heteroatoms. The van der Waals surface area contributed by atoms with Crippen molar-refractivity contribution >= 4 is 11.6 Å². The van der Waals surface area contributed by atoms with Crippen molar-refractivity contribution in [2.45, 2.75) is 19.8 Å². The Hall–Kier alpha value is -1.18. The number of fused-ring (bicyclic) bond motifs is 1. The summed E-state index contributed by atoms with van der Waals surface area (Å²) in [6.45, 7) is 2.04. The molecule has 0 bridgehead atoms. The molecule has 0 radical (unpaired) electrons. The van der Waals surface area contributed by atoms with Gasteiger partial charge in [0.2, 0.25) is 0 Å². The Balaban J connectivity index is 2.40. The van der Waals surface area contributed by atoms with Crippen LogP contribution in [0, 0.1) is 11.3 Å². The van der Waals surface area contributed by atoms with E-state index in [1.165, 1.54) is 0 Å². The quantitative estimate of drug-likeness (QED) is 0.562. The van der Waals surface area contributed by atoms with Crippen LogP contribution >= 0.6 is 0 Å². The predicted molar refractivity (Wildman–Crippen MR) is 49.1 cm³/mol. The van der Waals surface area contributed by atoms with Crippen LogP contribution in [-0.4, -0.2) is 11.6 Å². The smallest absolute Gasteiger partial charge is 0.159 e. The Bertz CT molecular complexity index is 325. The summed E-state index contributed by atoms with van der Waals surface area (Å²) in [5.41, 5.74) is -0.111.